The van der Waals surface area contributed by atoms with Gasteiger partial charge in [0.25, 0.3) is 0 Å². The van der Waals surface area contributed by atoms with Crippen LogP contribution in [-0.2, 0) is 16.6 Å². The number of aromatic nitrogens is 1. The fourth-order valence-electron chi connectivity index (χ4n) is 3.03. The highest BCUT2D eigenvalue weighted by Gasteiger charge is 2.25. The highest BCUT2D eigenvalue weighted by Crippen LogP contribution is 2.22. The van der Waals surface area contributed by atoms with Crippen molar-refractivity contribution in [2.24, 2.45) is 0 Å². The Bertz CT molecular complexity index is 987. The number of pyridine rings is 1. The molecule has 1 aromatic carbocycles. The molecule has 1 saturated heterocycles. The topological polar surface area (TPSA) is 141 Å². The van der Waals surface area contributed by atoms with E-state index < -0.39 is 22.1 Å². The van der Waals surface area contributed by atoms with Crippen molar-refractivity contribution in [2.75, 3.05) is 23.7 Å². The first-order valence-electron chi connectivity index (χ1n) is 9.44. The van der Waals surface area contributed by atoms with E-state index in [1.807, 2.05) is 0 Å². The molecule has 2 heterocycles. The molecule has 0 radical (unpaired) electrons. The van der Waals surface area contributed by atoms with Crippen LogP contribution in [0.25, 0.3) is 0 Å². The lowest BCUT2D eigenvalue weighted by Gasteiger charge is -2.25. The molecule has 10 nitrogen and oxygen atoms in total. The maximum Gasteiger partial charge on any atom is 0.410 e. The predicted molar refractivity (Wildman–Crippen MR) is 111 cm³/mol. The summed E-state index contributed by atoms with van der Waals surface area (Å²) in [6.45, 7) is 1.26. The molecule has 160 valence electrons. The van der Waals surface area contributed by atoms with Gasteiger partial charge in [0.1, 0.15) is 5.82 Å². The van der Waals surface area contributed by atoms with Gasteiger partial charge in [-0.2, -0.15) is 4.31 Å². The molecule has 0 saturated carbocycles. The number of carbonyl (C=O) groups excluding carboxylic acids is 1. The van der Waals surface area contributed by atoms with E-state index in [1.54, 1.807) is 18.2 Å². The van der Waals surface area contributed by atoms with Crippen molar-refractivity contribution in [1.29, 1.82) is 0 Å². The van der Waals surface area contributed by atoms with E-state index in [-0.39, 0.29) is 17.3 Å². The van der Waals surface area contributed by atoms with Crippen LogP contribution in [0.4, 0.5) is 21.1 Å². The van der Waals surface area contributed by atoms with Crippen LogP contribution in [0.2, 0.25) is 0 Å². The molecule has 1 aliphatic rings. The zero-order valence-electron chi connectivity index (χ0n) is 16.2. The summed E-state index contributed by atoms with van der Waals surface area (Å²) in [5.74, 6) is 0.190. The number of urea groups is 1. The normalized spacial score (nSPS) is 14.7. The van der Waals surface area contributed by atoms with Crippen LogP contribution in [0, 0.1) is 0 Å². The molecule has 0 spiro atoms. The molecular weight excluding hydrogens is 410 g/mol. The summed E-state index contributed by atoms with van der Waals surface area (Å²) in [6.07, 6.45) is 3.03. The van der Waals surface area contributed by atoms with Crippen molar-refractivity contribution < 1.29 is 23.1 Å². The fraction of sp³-hybridized carbons (Fsp3) is 0.316. The number of hydrogen-bond acceptors (Lipinski definition) is 5. The Morgan fingerprint density at radius 3 is 2.30 bits per heavy atom. The average molecular weight is 433 g/mol. The molecule has 0 aliphatic carbocycles. The highest BCUT2D eigenvalue weighted by atomic mass is 32.2. The van der Waals surface area contributed by atoms with Crippen molar-refractivity contribution in [3.05, 3.63) is 48.2 Å². The standard InChI is InChI=1S/C19H23N5O5S/c25-18(21-13-14-4-9-17(20-12-14)23-19(26)27)22-15-5-7-16(8-6-15)30(28,29)24-10-2-1-3-11-24/h4-9,12H,1-3,10-11,13H2,(H,20,23)(H,26,27)(H2,21,22,25). The van der Waals surface area contributed by atoms with Crippen molar-refractivity contribution in [3.8, 4) is 0 Å². The SMILES string of the molecule is O=C(O)Nc1ccc(CNC(=O)Nc2ccc(S(=O)(=O)N3CCCCC3)cc2)cn1. The minimum atomic E-state index is -3.51. The number of amides is 3. The summed E-state index contributed by atoms with van der Waals surface area (Å²) < 4.78 is 26.8. The Hall–Kier alpha value is -3.18. The Labute approximate surface area is 174 Å². The van der Waals surface area contributed by atoms with E-state index in [0.29, 0.717) is 24.3 Å². The number of benzene rings is 1. The Balaban J connectivity index is 1.52. The van der Waals surface area contributed by atoms with Crippen LogP contribution in [0.3, 0.4) is 0 Å². The van der Waals surface area contributed by atoms with Gasteiger partial charge in [-0.1, -0.05) is 12.5 Å². The maximum absolute atomic E-state index is 12.6. The molecule has 4 N–H and O–H groups in total. The second-order valence-electron chi connectivity index (χ2n) is 6.78. The number of hydrogen-bond donors (Lipinski definition) is 4. The van der Waals surface area contributed by atoms with Crippen LogP contribution < -0.4 is 16.0 Å². The number of nitrogens with one attached hydrogen (secondary N) is 3. The van der Waals surface area contributed by atoms with Gasteiger partial charge in [0.15, 0.2) is 0 Å². The van der Waals surface area contributed by atoms with Gasteiger partial charge < -0.3 is 15.7 Å². The zero-order chi connectivity index (χ0) is 21.6. The van der Waals surface area contributed by atoms with E-state index in [9.17, 15) is 18.0 Å². The molecule has 30 heavy (non-hydrogen) atoms. The lowest BCUT2D eigenvalue weighted by Crippen LogP contribution is -2.35. The van der Waals surface area contributed by atoms with Crippen molar-refractivity contribution in [3.63, 3.8) is 0 Å². The first-order valence-corrected chi connectivity index (χ1v) is 10.9. The van der Waals surface area contributed by atoms with Gasteiger partial charge in [-0.3, -0.25) is 5.32 Å². The first kappa shape index (κ1) is 21.5. The average Bonchev–Trinajstić information content (AvgIpc) is 2.74. The first-order chi connectivity index (χ1) is 14.3. The number of carboxylic acid groups (broad SMARTS) is 1. The Morgan fingerprint density at radius 2 is 1.70 bits per heavy atom. The van der Waals surface area contributed by atoms with E-state index in [1.165, 1.54) is 28.7 Å². The van der Waals surface area contributed by atoms with E-state index in [2.05, 4.69) is 20.9 Å². The van der Waals surface area contributed by atoms with Crippen molar-refractivity contribution >= 4 is 33.7 Å². The molecule has 1 fully saturated rings. The van der Waals surface area contributed by atoms with E-state index in [4.69, 9.17) is 5.11 Å². The molecule has 1 aromatic heterocycles. The molecule has 3 amide bonds. The number of anilines is 2. The fourth-order valence-corrected chi connectivity index (χ4v) is 4.55. The number of nitrogens with zero attached hydrogens (tertiary/aromatic N) is 2. The predicted octanol–water partition coefficient (Wildman–Crippen LogP) is 2.67. The lowest BCUT2D eigenvalue weighted by atomic mass is 10.2. The molecule has 0 bridgehead atoms. The maximum atomic E-state index is 12.6. The zero-order valence-corrected chi connectivity index (χ0v) is 17.0. The van der Waals surface area contributed by atoms with Gasteiger partial charge in [0, 0.05) is 31.5 Å². The van der Waals surface area contributed by atoms with Gasteiger partial charge >= 0.3 is 12.1 Å². The molecule has 3 rings (SSSR count). The minimum Gasteiger partial charge on any atom is -0.465 e. The number of rotatable bonds is 6. The van der Waals surface area contributed by atoms with Gasteiger partial charge in [0.2, 0.25) is 10.0 Å². The molecule has 2 aromatic rings. The number of sulfonamides is 1. The van der Waals surface area contributed by atoms with Crippen LogP contribution in [0.1, 0.15) is 24.8 Å². The third-order valence-corrected chi connectivity index (χ3v) is 6.49. The molecule has 0 atom stereocenters. The third-order valence-electron chi connectivity index (χ3n) is 4.58. The quantitative estimate of drug-likeness (QED) is 0.552. The Kier molecular flexibility index (Phi) is 6.85. The largest absolute Gasteiger partial charge is 0.465 e. The summed E-state index contributed by atoms with van der Waals surface area (Å²) in [4.78, 5) is 26.7. The summed E-state index contributed by atoms with van der Waals surface area (Å²) in [5, 5.41) is 16.0. The number of carbonyl (C=O) groups is 2. The van der Waals surface area contributed by atoms with Crippen molar-refractivity contribution in [1.82, 2.24) is 14.6 Å². The van der Waals surface area contributed by atoms with Crippen LogP contribution in [0.15, 0.2) is 47.5 Å². The second-order valence-corrected chi connectivity index (χ2v) is 8.72. The van der Waals surface area contributed by atoms with Crippen LogP contribution in [-0.4, -0.2) is 48.0 Å². The summed E-state index contributed by atoms with van der Waals surface area (Å²) in [6, 6.07) is 8.72. The molecule has 11 heteroatoms. The van der Waals surface area contributed by atoms with Gasteiger partial charge in [-0.05, 0) is 48.7 Å². The van der Waals surface area contributed by atoms with Crippen LogP contribution >= 0.6 is 0 Å². The van der Waals surface area contributed by atoms with Gasteiger partial charge in [-0.25, -0.2) is 23.0 Å². The van der Waals surface area contributed by atoms with Crippen molar-refractivity contribution in [2.45, 2.75) is 30.7 Å². The molecular formula is C19H23N5O5S. The smallest absolute Gasteiger partial charge is 0.410 e. The third kappa shape index (κ3) is 5.67. The highest BCUT2D eigenvalue weighted by molar-refractivity contribution is 7.89. The Morgan fingerprint density at radius 1 is 1.00 bits per heavy atom. The lowest BCUT2D eigenvalue weighted by molar-refractivity contribution is 0.209. The second kappa shape index (κ2) is 9.55. The minimum absolute atomic E-state index is 0.188. The van der Waals surface area contributed by atoms with E-state index >= 15 is 0 Å². The summed E-state index contributed by atoms with van der Waals surface area (Å²) >= 11 is 0. The molecule has 0 unspecified atom stereocenters. The summed E-state index contributed by atoms with van der Waals surface area (Å²) in [5.41, 5.74) is 1.15. The monoisotopic (exact) mass is 433 g/mol. The van der Waals surface area contributed by atoms with Crippen LogP contribution in [0.5, 0.6) is 0 Å². The number of piperidine rings is 1. The summed E-state index contributed by atoms with van der Waals surface area (Å²) in [7, 11) is -3.51. The van der Waals surface area contributed by atoms with Gasteiger partial charge in [-0.15, -0.1) is 0 Å². The molecule has 1 aliphatic heterocycles. The van der Waals surface area contributed by atoms with E-state index in [0.717, 1.165) is 19.3 Å². The van der Waals surface area contributed by atoms with Gasteiger partial charge in [0.05, 0.1) is 4.90 Å².